The maximum absolute atomic E-state index is 13.0. The zero-order valence-corrected chi connectivity index (χ0v) is 55.2. The molecule has 0 rings (SSSR count). The van der Waals surface area contributed by atoms with Gasteiger partial charge in [-0.25, -0.2) is 0 Å². The van der Waals surface area contributed by atoms with Crippen molar-refractivity contribution in [2.75, 3.05) is 40.9 Å². The van der Waals surface area contributed by atoms with E-state index in [1.54, 1.807) is 6.08 Å². The Morgan fingerprint density at radius 2 is 0.700 bits per heavy atom. The summed E-state index contributed by atoms with van der Waals surface area (Å²) in [6.45, 7) is 4.69. The van der Waals surface area contributed by atoms with Crippen LogP contribution in [0.15, 0.2) is 36.5 Å². The molecular formula is C71H139N2O6P. The fourth-order valence-electron chi connectivity index (χ4n) is 10.8. The van der Waals surface area contributed by atoms with Gasteiger partial charge in [0.2, 0.25) is 5.91 Å². The highest BCUT2D eigenvalue weighted by Gasteiger charge is 2.23. The Bertz CT molecular complexity index is 1400. The number of nitrogens with one attached hydrogen (secondary N) is 1. The van der Waals surface area contributed by atoms with Crippen molar-refractivity contribution in [2.45, 2.75) is 373 Å². The molecule has 0 saturated carbocycles. The number of phosphoric ester groups is 1. The summed E-state index contributed by atoms with van der Waals surface area (Å²) in [6.07, 6.45) is 82.8. The van der Waals surface area contributed by atoms with Gasteiger partial charge in [0.05, 0.1) is 39.9 Å². The van der Waals surface area contributed by atoms with Crippen LogP contribution in [-0.4, -0.2) is 68.5 Å². The molecule has 0 bridgehead atoms. The van der Waals surface area contributed by atoms with Gasteiger partial charge in [0, 0.05) is 6.42 Å². The summed E-state index contributed by atoms with van der Waals surface area (Å²) < 4.78 is 23.4. The molecule has 0 radical (unpaired) electrons. The summed E-state index contributed by atoms with van der Waals surface area (Å²) in [5.41, 5.74) is 0. The van der Waals surface area contributed by atoms with E-state index in [1.165, 1.54) is 302 Å². The number of amides is 1. The first-order valence-electron chi connectivity index (χ1n) is 35.4. The van der Waals surface area contributed by atoms with Crippen molar-refractivity contribution in [3.8, 4) is 0 Å². The Hall–Kier alpha value is -1.28. The molecule has 3 unspecified atom stereocenters. The number of hydrogen-bond acceptors (Lipinski definition) is 6. The average Bonchev–Trinajstić information content (AvgIpc) is 3.42. The fourth-order valence-corrected chi connectivity index (χ4v) is 11.5. The Balaban J connectivity index is 4.08. The highest BCUT2D eigenvalue weighted by Crippen LogP contribution is 2.38. The molecule has 1 amide bonds. The normalized spacial score (nSPS) is 13.8. The second-order valence-corrected chi connectivity index (χ2v) is 27.0. The van der Waals surface area contributed by atoms with E-state index >= 15 is 0 Å². The standard InChI is InChI=1S/C71H139N2O6P/c1-6-8-10-12-14-16-18-20-22-24-26-28-30-32-34-36-38-40-42-44-46-48-50-52-54-56-58-60-62-64-70(74)69(68-79-80(76,77)78-67-66-73(3,4)5)72-71(75)65-63-61-59-57-55-53-51-49-47-45-43-41-39-37-35-33-31-29-27-25-23-21-19-17-15-13-11-9-7-2/h25,27,54,56,62,64,69-70,74H,6-24,26,28-53,55,57-61,63,65-68H2,1-5H3,(H-,72,75,76,77)/b27-25-,56-54+,64-62+. The highest BCUT2D eigenvalue weighted by molar-refractivity contribution is 7.45. The summed E-state index contributed by atoms with van der Waals surface area (Å²) in [4.78, 5) is 25.6. The zero-order chi connectivity index (χ0) is 58.4. The van der Waals surface area contributed by atoms with Gasteiger partial charge in [0.25, 0.3) is 7.82 Å². The summed E-state index contributed by atoms with van der Waals surface area (Å²) in [7, 11) is 1.26. The first-order chi connectivity index (χ1) is 39.0. The van der Waals surface area contributed by atoms with E-state index in [0.717, 1.165) is 38.5 Å². The Morgan fingerprint density at radius 1 is 0.425 bits per heavy atom. The molecule has 8 nitrogen and oxygen atoms in total. The Labute approximate surface area is 499 Å². The number of aliphatic hydroxyl groups excluding tert-OH is 1. The van der Waals surface area contributed by atoms with E-state index in [0.29, 0.717) is 17.4 Å². The lowest BCUT2D eigenvalue weighted by Crippen LogP contribution is -2.45. The summed E-state index contributed by atoms with van der Waals surface area (Å²) in [5, 5.41) is 13.9. The fraction of sp³-hybridized carbons (Fsp3) is 0.901. The molecule has 9 heteroatoms. The topological polar surface area (TPSA) is 108 Å². The predicted octanol–water partition coefficient (Wildman–Crippen LogP) is 21.8. The number of aliphatic hydroxyl groups is 1. The van der Waals surface area contributed by atoms with Crippen LogP contribution in [-0.2, 0) is 18.4 Å². The molecule has 0 fully saturated rings. The molecule has 0 aliphatic rings. The number of phosphoric acid groups is 1. The molecule has 0 aliphatic heterocycles. The van der Waals surface area contributed by atoms with Gasteiger partial charge >= 0.3 is 0 Å². The Morgan fingerprint density at radius 3 is 1.01 bits per heavy atom. The van der Waals surface area contributed by atoms with Gasteiger partial charge in [-0.15, -0.1) is 0 Å². The molecule has 0 aliphatic carbocycles. The van der Waals surface area contributed by atoms with Gasteiger partial charge in [-0.1, -0.05) is 333 Å². The molecule has 3 atom stereocenters. The van der Waals surface area contributed by atoms with Crippen molar-refractivity contribution in [2.24, 2.45) is 0 Å². The largest absolute Gasteiger partial charge is 0.756 e. The first-order valence-corrected chi connectivity index (χ1v) is 36.8. The smallest absolute Gasteiger partial charge is 0.268 e. The van der Waals surface area contributed by atoms with Crippen LogP contribution < -0.4 is 10.2 Å². The maximum atomic E-state index is 13.0. The summed E-state index contributed by atoms with van der Waals surface area (Å²) in [5.74, 6) is -0.200. The molecule has 2 N–H and O–H groups in total. The first kappa shape index (κ1) is 78.7. The van der Waals surface area contributed by atoms with Gasteiger partial charge < -0.3 is 28.8 Å². The average molecular weight is 1150 g/mol. The van der Waals surface area contributed by atoms with Gasteiger partial charge in [-0.05, 0) is 57.8 Å². The summed E-state index contributed by atoms with van der Waals surface area (Å²) >= 11 is 0. The molecule has 474 valence electrons. The van der Waals surface area contributed by atoms with Gasteiger partial charge in [0.1, 0.15) is 13.2 Å². The third-order valence-electron chi connectivity index (χ3n) is 16.3. The lowest BCUT2D eigenvalue weighted by Gasteiger charge is -2.29. The zero-order valence-electron chi connectivity index (χ0n) is 54.3. The predicted molar refractivity (Wildman–Crippen MR) is 348 cm³/mol. The van der Waals surface area contributed by atoms with Gasteiger partial charge in [-0.2, -0.15) is 0 Å². The van der Waals surface area contributed by atoms with Crippen molar-refractivity contribution in [3.63, 3.8) is 0 Å². The number of likely N-dealkylation sites (N-methyl/N-ethyl adjacent to an activating group) is 1. The number of rotatable bonds is 66. The SMILES string of the molecule is CCCCCCCCCC/C=C\CCCCCCCCCCCCCCCCCCCC(=O)NC(COP(=O)([O-])OCC[N+](C)(C)C)C(O)/C=C/CC/C=C/CCCCCCCCCCCCCCCCCCCCCCCCC. The second-order valence-electron chi connectivity index (χ2n) is 25.6. The van der Waals surface area contributed by atoms with Crippen LogP contribution in [0.4, 0.5) is 0 Å². The van der Waals surface area contributed by atoms with E-state index < -0.39 is 20.0 Å². The van der Waals surface area contributed by atoms with Crippen LogP contribution in [0, 0.1) is 0 Å². The molecule has 0 spiro atoms. The highest BCUT2D eigenvalue weighted by atomic mass is 31.2. The van der Waals surface area contributed by atoms with Crippen molar-refractivity contribution in [1.82, 2.24) is 5.32 Å². The number of quaternary nitrogens is 1. The van der Waals surface area contributed by atoms with E-state index in [1.807, 2.05) is 27.2 Å². The number of carbonyl (C=O) groups excluding carboxylic acids is 1. The monoisotopic (exact) mass is 1150 g/mol. The number of carbonyl (C=O) groups is 1. The van der Waals surface area contributed by atoms with Crippen molar-refractivity contribution < 1.29 is 32.9 Å². The van der Waals surface area contributed by atoms with Crippen LogP contribution in [0.2, 0.25) is 0 Å². The van der Waals surface area contributed by atoms with Crippen molar-refractivity contribution in [3.05, 3.63) is 36.5 Å². The van der Waals surface area contributed by atoms with Gasteiger partial charge in [-0.3, -0.25) is 9.36 Å². The molecule has 0 saturated heterocycles. The molecule has 80 heavy (non-hydrogen) atoms. The van der Waals surface area contributed by atoms with E-state index in [-0.39, 0.29) is 19.1 Å². The van der Waals surface area contributed by atoms with Crippen LogP contribution in [0.25, 0.3) is 0 Å². The molecular weight excluding hydrogens is 1010 g/mol. The lowest BCUT2D eigenvalue weighted by molar-refractivity contribution is -0.870. The minimum atomic E-state index is -4.61. The number of allylic oxidation sites excluding steroid dienone is 5. The van der Waals surface area contributed by atoms with Crippen molar-refractivity contribution >= 4 is 13.7 Å². The third-order valence-corrected chi connectivity index (χ3v) is 17.3. The van der Waals surface area contributed by atoms with Crippen LogP contribution >= 0.6 is 7.82 Å². The number of unbranched alkanes of at least 4 members (excludes halogenated alkanes) is 49. The number of nitrogens with zero attached hydrogens (tertiary/aromatic N) is 1. The van der Waals surface area contributed by atoms with Crippen LogP contribution in [0.5, 0.6) is 0 Å². The van der Waals surface area contributed by atoms with Crippen LogP contribution in [0.1, 0.15) is 361 Å². The van der Waals surface area contributed by atoms with Crippen molar-refractivity contribution in [1.29, 1.82) is 0 Å². The van der Waals surface area contributed by atoms with Crippen LogP contribution in [0.3, 0.4) is 0 Å². The quantitative estimate of drug-likeness (QED) is 0.0272. The third kappa shape index (κ3) is 64.3. The second kappa shape index (κ2) is 62.3. The number of hydrogen-bond donors (Lipinski definition) is 2. The minimum Gasteiger partial charge on any atom is -0.756 e. The summed E-state index contributed by atoms with van der Waals surface area (Å²) in [6, 6.07) is -0.904. The Kier molecular flexibility index (Phi) is 61.3. The maximum Gasteiger partial charge on any atom is 0.268 e. The van der Waals surface area contributed by atoms with Gasteiger partial charge in [0.15, 0.2) is 0 Å². The molecule has 0 heterocycles. The van der Waals surface area contributed by atoms with E-state index in [2.05, 4.69) is 43.5 Å². The molecule has 0 aromatic rings. The molecule has 0 aromatic carbocycles. The molecule has 0 aromatic heterocycles. The van der Waals surface area contributed by atoms with E-state index in [9.17, 15) is 19.4 Å². The van der Waals surface area contributed by atoms with E-state index in [4.69, 9.17) is 9.05 Å². The lowest BCUT2D eigenvalue weighted by atomic mass is 10.0. The minimum absolute atomic E-state index is 0.00461.